The van der Waals surface area contributed by atoms with Crippen molar-refractivity contribution in [2.75, 3.05) is 0 Å². The molecule has 4 aromatic heterocycles. The van der Waals surface area contributed by atoms with Gasteiger partial charge in [-0.1, -0.05) is 11.3 Å². The second-order valence-electron chi connectivity index (χ2n) is 5.97. The highest BCUT2D eigenvalue weighted by atomic mass is 32.1. The molecule has 4 rings (SSSR count). The Hall–Kier alpha value is -3.32. The van der Waals surface area contributed by atoms with Gasteiger partial charge in [0, 0.05) is 43.1 Å². The molecule has 0 radical (unpaired) electrons. The van der Waals surface area contributed by atoms with E-state index in [1.807, 2.05) is 60.3 Å². The monoisotopic (exact) mass is 375 g/mol. The molecule has 0 fully saturated rings. The molecule has 0 bridgehead atoms. The van der Waals surface area contributed by atoms with Crippen LogP contribution in [0.5, 0.6) is 0 Å². The third-order valence-electron chi connectivity index (χ3n) is 4.05. The van der Waals surface area contributed by atoms with Gasteiger partial charge in [0.1, 0.15) is 4.88 Å². The Morgan fingerprint density at radius 3 is 2.81 bits per heavy atom. The lowest BCUT2D eigenvalue weighted by atomic mass is 10.1. The zero-order chi connectivity index (χ0) is 18.6. The average molecular weight is 375 g/mol. The molecule has 4 heterocycles. The Kier molecular flexibility index (Phi) is 4.76. The van der Waals surface area contributed by atoms with Gasteiger partial charge in [-0.15, -0.1) is 0 Å². The molecule has 0 saturated heterocycles. The fraction of sp³-hybridized carbons (Fsp3) is 0.100. The molecular formula is C20H17N5OS. The molecule has 4 aromatic rings. The van der Waals surface area contributed by atoms with Crippen molar-refractivity contribution < 1.29 is 4.79 Å². The second kappa shape index (κ2) is 7.51. The Bertz CT molecular complexity index is 1060. The first-order chi connectivity index (χ1) is 13.2. The molecule has 0 saturated carbocycles. The van der Waals surface area contributed by atoms with Crippen molar-refractivity contribution >= 4 is 17.2 Å². The van der Waals surface area contributed by atoms with E-state index in [9.17, 15) is 4.79 Å². The minimum Gasteiger partial charge on any atom is -0.347 e. The van der Waals surface area contributed by atoms with Crippen LogP contribution in [0.2, 0.25) is 0 Å². The zero-order valence-electron chi connectivity index (χ0n) is 14.7. The number of nitrogens with zero attached hydrogens (tertiary/aromatic N) is 4. The van der Waals surface area contributed by atoms with Crippen LogP contribution >= 0.6 is 11.3 Å². The molecule has 0 unspecified atom stereocenters. The van der Waals surface area contributed by atoms with E-state index in [1.54, 1.807) is 18.6 Å². The molecule has 0 aliphatic carbocycles. The summed E-state index contributed by atoms with van der Waals surface area (Å²) in [5.74, 6) is -0.122. The number of hydrogen-bond donors (Lipinski definition) is 1. The van der Waals surface area contributed by atoms with Gasteiger partial charge in [-0.3, -0.25) is 14.8 Å². The van der Waals surface area contributed by atoms with Crippen LogP contribution in [0.15, 0.2) is 67.4 Å². The van der Waals surface area contributed by atoms with Gasteiger partial charge < -0.3 is 9.88 Å². The molecule has 134 valence electrons. The lowest BCUT2D eigenvalue weighted by molar-refractivity contribution is 0.0954. The quantitative estimate of drug-likeness (QED) is 0.578. The SMILES string of the molecule is Cc1nc(-n2cccc2)sc1C(=O)NCc1ccnc(-c2cccnc2)c1. The fourth-order valence-electron chi connectivity index (χ4n) is 2.68. The Balaban J connectivity index is 1.47. The maximum Gasteiger partial charge on any atom is 0.263 e. The van der Waals surface area contributed by atoms with Gasteiger partial charge >= 0.3 is 0 Å². The van der Waals surface area contributed by atoms with Crippen molar-refractivity contribution in [1.29, 1.82) is 0 Å². The van der Waals surface area contributed by atoms with Crippen molar-refractivity contribution in [3.05, 3.63) is 83.5 Å². The standard InChI is InChI=1S/C20H17N5OS/c1-14-18(27-20(24-14)25-9-2-3-10-25)19(26)23-12-15-6-8-22-17(11-15)16-5-4-7-21-13-16/h2-11,13H,12H2,1H3,(H,23,26). The van der Waals surface area contributed by atoms with Crippen molar-refractivity contribution in [1.82, 2.24) is 24.8 Å². The van der Waals surface area contributed by atoms with Crippen LogP contribution in [0.4, 0.5) is 0 Å². The highest BCUT2D eigenvalue weighted by Gasteiger charge is 2.16. The fourth-order valence-corrected chi connectivity index (χ4v) is 3.63. The first-order valence-electron chi connectivity index (χ1n) is 8.45. The summed E-state index contributed by atoms with van der Waals surface area (Å²) in [6.45, 7) is 2.27. The third-order valence-corrected chi connectivity index (χ3v) is 5.22. The van der Waals surface area contributed by atoms with Crippen LogP contribution < -0.4 is 5.32 Å². The van der Waals surface area contributed by atoms with Crippen molar-refractivity contribution in [3.63, 3.8) is 0 Å². The molecule has 0 atom stereocenters. The van der Waals surface area contributed by atoms with E-state index < -0.39 is 0 Å². The number of nitrogens with one attached hydrogen (secondary N) is 1. The summed E-state index contributed by atoms with van der Waals surface area (Å²) in [5, 5.41) is 3.75. The number of rotatable bonds is 5. The van der Waals surface area contributed by atoms with Gasteiger partial charge in [0.05, 0.1) is 11.4 Å². The third kappa shape index (κ3) is 3.78. The summed E-state index contributed by atoms with van der Waals surface area (Å²) < 4.78 is 1.90. The highest BCUT2D eigenvalue weighted by Crippen LogP contribution is 2.22. The number of hydrogen-bond acceptors (Lipinski definition) is 5. The molecule has 0 aliphatic heterocycles. The van der Waals surface area contributed by atoms with Crippen LogP contribution in [0, 0.1) is 6.92 Å². The summed E-state index contributed by atoms with van der Waals surface area (Å²) in [4.78, 5) is 26.2. The number of aryl methyl sites for hydroxylation is 1. The number of amides is 1. The summed E-state index contributed by atoms with van der Waals surface area (Å²) in [7, 11) is 0. The van der Waals surface area contributed by atoms with Crippen molar-refractivity contribution in [3.8, 4) is 16.4 Å². The molecular weight excluding hydrogens is 358 g/mol. The topological polar surface area (TPSA) is 72.7 Å². The highest BCUT2D eigenvalue weighted by molar-refractivity contribution is 7.16. The van der Waals surface area contributed by atoms with Crippen LogP contribution in [0.25, 0.3) is 16.4 Å². The van der Waals surface area contributed by atoms with Crippen LogP contribution in [-0.2, 0) is 6.54 Å². The Morgan fingerprint density at radius 2 is 2.04 bits per heavy atom. The van der Waals surface area contributed by atoms with Crippen LogP contribution in [0.1, 0.15) is 20.9 Å². The van der Waals surface area contributed by atoms with Gasteiger partial charge in [0.2, 0.25) is 0 Å². The molecule has 6 nitrogen and oxygen atoms in total. The lowest BCUT2D eigenvalue weighted by Gasteiger charge is -2.06. The summed E-state index contributed by atoms with van der Waals surface area (Å²) in [6.07, 6.45) is 9.07. The van der Waals surface area contributed by atoms with Gasteiger partial charge in [0.15, 0.2) is 5.13 Å². The number of carbonyl (C=O) groups is 1. The number of carbonyl (C=O) groups excluding carboxylic acids is 1. The molecule has 1 N–H and O–H groups in total. The second-order valence-corrected chi connectivity index (χ2v) is 6.95. The summed E-state index contributed by atoms with van der Waals surface area (Å²) >= 11 is 1.38. The first kappa shape index (κ1) is 17.1. The minimum atomic E-state index is -0.122. The zero-order valence-corrected chi connectivity index (χ0v) is 15.5. The van der Waals surface area contributed by atoms with E-state index >= 15 is 0 Å². The molecule has 27 heavy (non-hydrogen) atoms. The van der Waals surface area contributed by atoms with Crippen LogP contribution in [0.3, 0.4) is 0 Å². The normalized spacial score (nSPS) is 10.7. The Morgan fingerprint density at radius 1 is 1.19 bits per heavy atom. The van der Waals surface area contributed by atoms with Gasteiger partial charge in [-0.2, -0.15) is 0 Å². The largest absolute Gasteiger partial charge is 0.347 e. The van der Waals surface area contributed by atoms with Gasteiger partial charge in [-0.25, -0.2) is 4.98 Å². The van der Waals surface area contributed by atoms with Gasteiger partial charge in [-0.05, 0) is 48.9 Å². The molecule has 1 amide bonds. The van der Waals surface area contributed by atoms with E-state index in [2.05, 4.69) is 20.3 Å². The summed E-state index contributed by atoms with van der Waals surface area (Å²) in [5.41, 5.74) is 3.48. The Labute approximate surface area is 160 Å². The number of thiazole rings is 1. The molecule has 0 spiro atoms. The first-order valence-corrected chi connectivity index (χ1v) is 9.26. The van der Waals surface area contributed by atoms with E-state index in [1.165, 1.54) is 11.3 Å². The lowest BCUT2D eigenvalue weighted by Crippen LogP contribution is -2.22. The van der Waals surface area contributed by atoms with Crippen molar-refractivity contribution in [2.24, 2.45) is 0 Å². The summed E-state index contributed by atoms with van der Waals surface area (Å²) in [6, 6.07) is 11.5. The maximum atomic E-state index is 12.6. The molecule has 0 aliphatic rings. The van der Waals surface area contributed by atoms with Crippen LogP contribution in [-0.4, -0.2) is 25.4 Å². The van der Waals surface area contributed by atoms with Gasteiger partial charge in [0.25, 0.3) is 5.91 Å². The predicted octanol–water partition coefficient (Wildman–Crippen LogP) is 3.63. The van der Waals surface area contributed by atoms with E-state index in [0.717, 1.165) is 27.6 Å². The minimum absolute atomic E-state index is 0.122. The number of aromatic nitrogens is 4. The van der Waals surface area contributed by atoms with E-state index in [-0.39, 0.29) is 5.91 Å². The smallest absolute Gasteiger partial charge is 0.263 e. The maximum absolute atomic E-state index is 12.6. The molecule has 0 aromatic carbocycles. The van der Waals surface area contributed by atoms with E-state index in [4.69, 9.17) is 0 Å². The molecule has 7 heteroatoms. The number of pyridine rings is 2. The average Bonchev–Trinajstić information content (AvgIpc) is 3.37. The van der Waals surface area contributed by atoms with E-state index in [0.29, 0.717) is 11.4 Å². The van der Waals surface area contributed by atoms with Crippen molar-refractivity contribution in [2.45, 2.75) is 13.5 Å². The predicted molar refractivity (Wildman–Crippen MR) is 105 cm³/mol.